The van der Waals surface area contributed by atoms with Gasteiger partial charge in [0.1, 0.15) is 13.2 Å². The first-order chi connectivity index (χ1) is 14.4. The minimum absolute atomic E-state index is 0.218. The summed E-state index contributed by atoms with van der Waals surface area (Å²) in [4.78, 5) is 25.3. The fraction of sp³-hybridized carbons (Fsp3) is 0.391. The van der Waals surface area contributed by atoms with Crippen LogP contribution in [0.1, 0.15) is 49.0 Å². The number of esters is 1. The van der Waals surface area contributed by atoms with E-state index >= 15 is 0 Å². The highest BCUT2D eigenvalue weighted by Crippen LogP contribution is 2.40. The van der Waals surface area contributed by atoms with Gasteiger partial charge in [0.2, 0.25) is 5.75 Å². The Morgan fingerprint density at radius 2 is 1.87 bits per heavy atom. The van der Waals surface area contributed by atoms with Crippen molar-refractivity contribution in [3.05, 3.63) is 47.5 Å². The number of carbonyl (C=O) groups excluding carboxylic acids is 2. The van der Waals surface area contributed by atoms with Gasteiger partial charge in [-0.2, -0.15) is 0 Å². The maximum Gasteiger partial charge on any atom is 0.339 e. The Morgan fingerprint density at radius 3 is 2.60 bits per heavy atom. The lowest BCUT2D eigenvalue weighted by Gasteiger charge is -2.21. The van der Waals surface area contributed by atoms with Gasteiger partial charge >= 0.3 is 5.97 Å². The zero-order valence-electron chi connectivity index (χ0n) is 17.7. The summed E-state index contributed by atoms with van der Waals surface area (Å²) in [6, 6.07) is 10.7. The van der Waals surface area contributed by atoms with Crippen molar-refractivity contribution < 1.29 is 28.5 Å². The van der Waals surface area contributed by atoms with Gasteiger partial charge in [-0.15, -0.1) is 0 Å². The first-order valence-corrected chi connectivity index (χ1v) is 10.0. The molecule has 2 aromatic rings. The minimum atomic E-state index is -0.985. The van der Waals surface area contributed by atoms with Crippen LogP contribution >= 0.6 is 0 Å². The highest BCUT2D eigenvalue weighted by atomic mass is 16.6. The van der Waals surface area contributed by atoms with E-state index in [4.69, 9.17) is 18.9 Å². The van der Waals surface area contributed by atoms with E-state index < -0.39 is 18.0 Å². The predicted molar refractivity (Wildman–Crippen MR) is 113 cm³/mol. The fourth-order valence-electron chi connectivity index (χ4n) is 3.17. The normalized spacial score (nSPS) is 14.4. The molecule has 1 aliphatic rings. The van der Waals surface area contributed by atoms with Crippen molar-refractivity contribution >= 4 is 17.6 Å². The molecule has 1 heterocycles. The van der Waals surface area contributed by atoms with Crippen LogP contribution in [-0.4, -0.2) is 38.3 Å². The second-order valence-corrected chi connectivity index (χ2v) is 7.14. The summed E-state index contributed by atoms with van der Waals surface area (Å²) in [5.41, 5.74) is 1.99. The molecule has 1 amide bonds. The van der Waals surface area contributed by atoms with E-state index in [9.17, 15) is 9.59 Å². The third-order valence-corrected chi connectivity index (χ3v) is 5.08. The number of anilines is 1. The summed E-state index contributed by atoms with van der Waals surface area (Å²) in [7, 11) is 1.48. The van der Waals surface area contributed by atoms with Crippen LogP contribution in [0, 0.1) is 0 Å². The van der Waals surface area contributed by atoms with Crippen LogP contribution < -0.4 is 19.5 Å². The maximum atomic E-state index is 12.6. The molecule has 0 aromatic heterocycles. The Labute approximate surface area is 176 Å². The van der Waals surface area contributed by atoms with Crippen LogP contribution in [-0.2, 0) is 9.53 Å². The Balaban J connectivity index is 1.71. The third-order valence-electron chi connectivity index (χ3n) is 5.08. The first-order valence-electron chi connectivity index (χ1n) is 10.0. The molecule has 0 saturated heterocycles. The molecule has 2 unspecified atom stereocenters. The van der Waals surface area contributed by atoms with Gasteiger partial charge in [-0.3, -0.25) is 4.79 Å². The predicted octanol–water partition coefficient (Wildman–Crippen LogP) is 4.16. The molecule has 0 spiro atoms. The number of fused-ring (bicyclic) bond motifs is 1. The Morgan fingerprint density at radius 1 is 1.13 bits per heavy atom. The molecule has 3 rings (SSSR count). The van der Waals surface area contributed by atoms with Crippen molar-refractivity contribution in [1.82, 2.24) is 0 Å². The number of carbonyl (C=O) groups is 2. The van der Waals surface area contributed by atoms with Gasteiger partial charge in [0, 0.05) is 5.69 Å². The van der Waals surface area contributed by atoms with Crippen molar-refractivity contribution in [2.45, 2.75) is 39.2 Å². The molecule has 2 atom stereocenters. The number of hydrogen-bond acceptors (Lipinski definition) is 6. The van der Waals surface area contributed by atoms with E-state index in [1.54, 1.807) is 0 Å². The van der Waals surface area contributed by atoms with Gasteiger partial charge < -0.3 is 24.3 Å². The topological polar surface area (TPSA) is 83.1 Å². The molecule has 0 aliphatic carbocycles. The number of hydrogen-bond donors (Lipinski definition) is 1. The average Bonchev–Trinajstić information content (AvgIpc) is 2.77. The van der Waals surface area contributed by atoms with Gasteiger partial charge in [0.25, 0.3) is 5.91 Å². The number of para-hydroxylation sites is 1. The third kappa shape index (κ3) is 4.67. The van der Waals surface area contributed by atoms with Crippen LogP contribution in [0.2, 0.25) is 0 Å². The molecule has 0 fully saturated rings. The van der Waals surface area contributed by atoms with Gasteiger partial charge in [-0.1, -0.05) is 32.0 Å². The van der Waals surface area contributed by atoms with Crippen LogP contribution in [0.15, 0.2) is 36.4 Å². The van der Waals surface area contributed by atoms with E-state index in [0.717, 1.165) is 17.7 Å². The van der Waals surface area contributed by atoms with Crippen molar-refractivity contribution in [2.24, 2.45) is 0 Å². The highest BCUT2D eigenvalue weighted by molar-refractivity contribution is 5.98. The van der Waals surface area contributed by atoms with E-state index in [-0.39, 0.29) is 5.56 Å². The number of nitrogens with one attached hydrogen (secondary N) is 1. The van der Waals surface area contributed by atoms with Crippen molar-refractivity contribution in [2.75, 3.05) is 25.6 Å². The second kappa shape index (κ2) is 9.52. The SMILES string of the molecule is CCC(C)c1ccccc1NC(=O)C(C)OC(=O)c1cc(OC)c2c(c1)OCCO2. The van der Waals surface area contributed by atoms with E-state index in [1.165, 1.54) is 26.2 Å². The molecule has 0 radical (unpaired) electrons. The van der Waals surface area contributed by atoms with Crippen LogP contribution in [0.5, 0.6) is 17.2 Å². The molecule has 2 aromatic carbocycles. The summed E-state index contributed by atoms with van der Waals surface area (Å²) >= 11 is 0. The molecule has 1 N–H and O–H groups in total. The van der Waals surface area contributed by atoms with Crippen molar-refractivity contribution in [3.63, 3.8) is 0 Å². The summed E-state index contributed by atoms with van der Waals surface area (Å²) in [6.45, 7) is 6.51. The van der Waals surface area contributed by atoms with Crippen LogP contribution in [0.4, 0.5) is 5.69 Å². The Bertz CT molecular complexity index is 909. The monoisotopic (exact) mass is 413 g/mol. The van der Waals surface area contributed by atoms with E-state index in [0.29, 0.717) is 36.4 Å². The second-order valence-electron chi connectivity index (χ2n) is 7.14. The van der Waals surface area contributed by atoms with Crippen molar-refractivity contribution in [1.29, 1.82) is 0 Å². The number of ether oxygens (including phenoxy) is 4. The first kappa shape index (κ1) is 21.5. The molecular weight excluding hydrogens is 386 g/mol. The lowest BCUT2D eigenvalue weighted by atomic mass is 9.97. The van der Waals surface area contributed by atoms with E-state index in [2.05, 4.69) is 19.2 Å². The molecule has 0 saturated carbocycles. The van der Waals surface area contributed by atoms with Gasteiger partial charge in [-0.25, -0.2) is 4.79 Å². The van der Waals surface area contributed by atoms with E-state index in [1.807, 2.05) is 24.3 Å². The molecule has 1 aliphatic heterocycles. The summed E-state index contributed by atoms with van der Waals surface area (Å²) in [5.74, 6) is 0.481. The van der Waals surface area contributed by atoms with Crippen LogP contribution in [0.3, 0.4) is 0 Å². The Kier molecular flexibility index (Phi) is 6.82. The standard InChI is InChI=1S/C23H27NO6/c1-5-14(2)17-8-6-7-9-18(17)24-22(25)15(3)30-23(26)16-12-19(27-4)21-20(13-16)28-10-11-29-21/h6-9,12-15H,5,10-11H2,1-4H3,(H,24,25). The Hall–Kier alpha value is -3.22. The number of methoxy groups -OCH3 is 1. The molecule has 30 heavy (non-hydrogen) atoms. The number of rotatable bonds is 7. The largest absolute Gasteiger partial charge is 0.493 e. The highest BCUT2D eigenvalue weighted by Gasteiger charge is 2.25. The molecule has 160 valence electrons. The number of benzene rings is 2. The number of amides is 1. The smallest absolute Gasteiger partial charge is 0.339 e. The van der Waals surface area contributed by atoms with Crippen LogP contribution in [0.25, 0.3) is 0 Å². The lowest BCUT2D eigenvalue weighted by molar-refractivity contribution is -0.123. The van der Waals surface area contributed by atoms with Gasteiger partial charge in [0.15, 0.2) is 17.6 Å². The quantitative estimate of drug-likeness (QED) is 0.686. The van der Waals surface area contributed by atoms with Crippen molar-refractivity contribution in [3.8, 4) is 17.2 Å². The molecule has 7 nitrogen and oxygen atoms in total. The zero-order chi connectivity index (χ0) is 21.7. The van der Waals surface area contributed by atoms with Gasteiger partial charge in [0.05, 0.1) is 12.7 Å². The average molecular weight is 413 g/mol. The fourth-order valence-corrected chi connectivity index (χ4v) is 3.17. The maximum absolute atomic E-state index is 12.6. The summed E-state index contributed by atoms with van der Waals surface area (Å²) in [6.07, 6.45) is -0.0368. The molecular formula is C23H27NO6. The summed E-state index contributed by atoms with van der Waals surface area (Å²) in [5, 5.41) is 2.87. The van der Waals surface area contributed by atoms with Gasteiger partial charge in [-0.05, 0) is 43.0 Å². The molecule has 0 bridgehead atoms. The zero-order valence-corrected chi connectivity index (χ0v) is 17.7. The molecule has 7 heteroatoms. The minimum Gasteiger partial charge on any atom is -0.493 e. The summed E-state index contributed by atoms with van der Waals surface area (Å²) < 4.78 is 21.8. The lowest BCUT2D eigenvalue weighted by Crippen LogP contribution is -2.30.